The SMILES string of the molecule is Cc1cc(F)c(S(=O)(=O)N(Cc2cccs2)C[C@@H](O)[C@H](Cc2ccccc2)NC(=O)[C@@H]2CN(c3cccc(F)c3)C(=O)O2)cc1F.Cc1cccc(S(=O)(=O)N(C[C@H]2CCCO2)C[C@@H](O)[C@H](Cc2ccccc2)NC(=O)[C@@H]2CN(c3cccc(F)c3)C(=O)O2)c1. The average molecular weight is 1300 g/mol. The molecule has 3 aliphatic rings. The summed E-state index contributed by atoms with van der Waals surface area (Å²) >= 11 is 1.24. The van der Waals surface area contributed by atoms with Gasteiger partial charge in [0.05, 0.1) is 59.8 Å². The van der Waals surface area contributed by atoms with Crippen LogP contribution in [-0.4, -0.2) is 142 Å². The third-order valence-corrected chi connectivity index (χ3v) is 19.7. The number of amides is 4. The smallest absolute Gasteiger partial charge is 0.415 e. The number of hydrogen-bond acceptors (Lipinski definition) is 14. The van der Waals surface area contributed by atoms with Gasteiger partial charge in [-0.2, -0.15) is 8.61 Å². The molecule has 0 bridgehead atoms. The van der Waals surface area contributed by atoms with E-state index in [9.17, 15) is 63.8 Å². The maximum absolute atomic E-state index is 14.9. The number of carbonyl (C=O) groups excluding carboxylic acids is 4. The summed E-state index contributed by atoms with van der Waals surface area (Å²) in [6.07, 6.45) is -5.72. The molecular formula is C64H66F4N6O13S3. The lowest BCUT2D eigenvalue weighted by Gasteiger charge is -2.31. The highest BCUT2D eigenvalue weighted by Crippen LogP contribution is 2.29. The zero-order chi connectivity index (χ0) is 64.3. The monoisotopic (exact) mass is 1300 g/mol. The first-order valence-corrected chi connectivity index (χ1v) is 32.5. The number of halogens is 4. The summed E-state index contributed by atoms with van der Waals surface area (Å²) in [6.45, 7) is 2.11. The minimum absolute atomic E-state index is 0.0438. The number of thiophene rings is 1. The van der Waals surface area contributed by atoms with E-state index in [-0.39, 0.29) is 73.5 Å². The zero-order valence-electron chi connectivity index (χ0n) is 48.8. The van der Waals surface area contributed by atoms with Gasteiger partial charge in [0, 0.05) is 37.7 Å². The van der Waals surface area contributed by atoms with Crippen molar-refractivity contribution in [3.05, 3.63) is 214 Å². The molecule has 4 N–H and O–H groups in total. The minimum Gasteiger partial charge on any atom is -0.434 e. The van der Waals surface area contributed by atoms with Crippen molar-refractivity contribution < 1.29 is 78.0 Å². The van der Waals surface area contributed by atoms with Gasteiger partial charge in [0.2, 0.25) is 20.0 Å². The number of nitrogens with zero attached hydrogens (tertiary/aromatic N) is 4. The Balaban J connectivity index is 0.000000214. The Labute approximate surface area is 522 Å². The number of anilines is 2. The normalized spacial score (nSPS) is 18.1. The maximum Gasteiger partial charge on any atom is 0.415 e. The molecule has 0 aliphatic carbocycles. The van der Waals surface area contributed by atoms with Gasteiger partial charge in [0.1, 0.15) is 28.2 Å². The van der Waals surface area contributed by atoms with Crippen molar-refractivity contribution in [2.45, 2.75) is 98.5 Å². The van der Waals surface area contributed by atoms with Gasteiger partial charge in [-0.05, 0) is 134 Å². The van der Waals surface area contributed by atoms with E-state index in [1.807, 2.05) is 30.3 Å². The molecule has 19 nitrogen and oxygen atoms in total. The first-order chi connectivity index (χ1) is 43.0. The number of aliphatic hydroxyl groups excluding tert-OH is 2. The Morgan fingerprint density at radius 1 is 0.633 bits per heavy atom. The molecule has 1 aromatic heterocycles. The van der Waals surface area contributed by atoms with E-state index >= 15 is 0 Å². The number of cyclic esters (lactones) is 2. The lowest BCUT2D eigenvalue weighted by atomic mass is 10.0. The third-order valence-electron chi connectivity index (χ3n) is 15.2. The largest absolute Gasteiger partial charge is 0.434 e. The summed E-state index contributed by atoms with van der Waals surface area (Å²) in [4.78, 5) is 53.9. The van der Waals surface area contributed by atoms with Crippen LogP contribution < -0.4 is 20.4 Å². The number of benzene rings is 6. The number of hydrogen-bond donors (Lipinski definition) is 4. The fourth-order valence-electron chi connectivity index (χ4n) is 10.4. The van der Waals surface area contributed by atoms with E-state index in [2.05, 4.69) is 10.6 Å². The second-order valence-electron chi connectivity index (χ2n) is 21.9. The molecule has 7 atom stereocenters. The molecule has 3 fully saturated rings. The second-order valence-corrected chi connectivity index (χ2v) is 26.7. The highest BCUT2D eigenvalue weighted by Gasteiger charge is 2.42. The standard InChI is InChI=1S/C32H30F3N3O6S2.C32H36FN3O7S/c1-20-13-26(35)30(16-25(20)34)46(42,43)37(17-24-11-6-12-45-24)18-28(39)27(14-21-7-3-2-4-8-21)36-31(40)29-19-38(32(41)44-29)23-10-5-9-22(33)15-23;1-22-8-5-14-27(16-22)44(40,41)35(19-26-13-7-15-42-26)20-29(37)28(17-23-9-3-2-4-10-23)34-31(38)30-21-36(32(39)43-30)25-12-6-11-24(33)18-25/h2-13,15-16,27-29,39H,14,17-19H2,1H3,(H,36,40);2-6,8-12,14,16,18,26,28-30,37H,7,13,15,17,19-21H2,1H3,(H,34,38)/t27-,28+,29-;26-,28+,29-,30+/m01/s1. The third kappa shape index (κ3) is 16.8. The van der Waals surface area contributed by atoms with E-state index in [0.717, 1.165) is 43.8 Å². The van der Waals surface area contributed by atoms with Crippen LogP contribution in [0.4, 0.5) is 38.5 Å². The highest BCUT2D eigenvalue weighted by molar-refractivity contribution is 7.89. The molecule has 7 aromatic rings. The molecule has 4 heterocycles. The van der Waals surface area contributed by atoms with Crippen LogP contribution in [0.2, 0.25) is 0 Å². The fourth-order valence-corrected chi connectivity index (χ4v) is 14.3. The number of aryl methyl sites for hydroxylation is 2. The quantitative estimate of drug-likeness (QED) is 0.0418. The molecule has 3 aliphatic heterocycles. The number of rotatable bonds is 24. The summed E-state index contributed by atoms with van der Waals surface area (Å²) in [5, 5.41) is 30.3. The van der Waals surface area contributed by atoms with Crippen molar-refractivity contribution in [3.8, 4) is 0 Å². The van der Waals surface area contributed by atoms with Crippen LogP contribution in [-0.2, 0) is 63.2 Å². The Kier molecular flexibility index (Phi) is 21.9. The molecule has 0 saturated carbocycles. The summed E-state index contributed by atoms with van der Waals surface area (Å²) in [7, 11) is -8.73. The van der Waals surface area contributed by atoms with Gasteiger partial charge in [-0.25, -0.2) is 44.0 Å². The van der Waals surface area contributed by atoms with E-state index in [0.29, 0.717) is 29.5 Å². The number of nitrogens with one attached hydrogen (secondary N) is 2. The van der Waals surface area contributed by atoms with E-state index in [1.165, 1.54) is 71.1 Å². The first kappa shape index (κ1) is 66.3. The molecule has 4 amide bonds. The Morgan fingerprint density at radius 3 is 1.66 bits per heavy atom. The van der Waals surface area contributed by atoms with Crippen molar-refractivity contribution in [1.29, 1.82) is 0 Å². The summed E-state index contributed by atoms with van der Waals surface area (Å²) < 4.78 is 130. The molecular weight excluding hydrogens is 1230 g/mol. The molecule has 0 radical (unpaired) electrons. The summed E-state index contributed by atoms with van der Waals surface area (Å²) in [6, 6.07) is 37.8. The van der Waals surface area contributed by atoms with Crippen molar-refractivity contribution >= 4 is 66.8 Å². The molecule has 10 rings (SSSR count). The van der Waals surface area contributed by atoms with Gasteiger partial charge in [-0.3, -0.25) is 19.4 Å². The number of ether oxygens (including phenoxy) is 3. The van der Waals surface area contributed by atoms with Crippen molar-refractivity contribution in [1.82, 2.24) is 19.2 Å². The number of aliphatic hydroxyl groups is 2. The molecule has 90 heavy (non-hydrogen) atoms. The van der Waals surface area contributed by atoms with E-state index < -0.39 is 115 Å². The van der Waals surface area contributed by atoms with Gasteiger partial charge in [0.25, 0.3) is 11.8 Å². The topological polar surface area (TPSA) is 242 Å². The van der Waals surface area contributed by atoms with Gasteiger partial charge in [-0.1, -0.05) is 91.0 Å². The zero-order valence-corrected chi connectivity index (χ0v) is 51.3. The van der Waals surface area contributed by atoms with Crippen LogP contribution >= 0.6 is 11.3 Å². The predicted molar refractivity (Wildman–Crippen MR) is 326 cm³/mol. The number of carbonyl (C=O) groups is 4. The van der Waals surface area contributed by atoms with Crippen LogP contribution in [0.25, 0.3) is 0 Å². The molecule has 476 valence electrons. The lowest BCUT2D eigenvalue weighted by Crippen LogP contribution is -2.53. The minimum atomic E-state index is -4.70. The van der Waals surface area contributed by atoms with E-state index in [4.69, 9.17) is 14.2 Å². The van der Waals surface area contributed by atoms with Crippen LogP contribution in [0.15, 0.2) is 173 Å². The molecule has 0 spiro atoms. The van der Waals surface area contributed by atoms with Crippen LogP contribution in [0, 0.1) is 37.1 Å². The molecule has 0 unspecified atom stereocenters. The van der Waals surface area contributed by atoms with Crippen LogP contribution in [0.5, 0.6) is 0 Å². The molecule has 26 heteroatoms. The highest BCUT2D eigenvalue weighted by atomic mass is 32.2. The lowest BCUT2D eigenvalue weighted by molar-refractivity contribution is -0.130. The van der Waals surface area contributed by atoms with E-state index in [1.54, 1.807) is 73.0 Å². The van der Waals surface area contributed by atoms with Crippen LogP contribution in [0.3, 0.4) is 0 Å². The van der Waals surface area contributed by atoms with Crippen molar-refractivity contribution in [3.63, 3.8) is 0 Å². The Hall–Kier alpha value is -8.08. The first-order valence-electron chi connectivity index (χ1n) is 28.7. The van der Waals surface area contributed by atoms with Crippen LogP contribution in [0.1, 0.15) is 40.0 Å². The Bertz CT molecular complexity index is 3870. The Morgan fingerprint density at radius 2 is 1.17 bits per heavy atom. The second kappa shape index (κ2) is 29.7. The predicted octanol–water partition coefficient (Wildman–Crippen LogP) is 8.20. The maximum atomic E-state index is 14.9. The van der Waals surface area contributed by atoms with Gasteiger partial charge < -0.3 is 35.1 Å². The number of sulfonamides is 2. The van der Waals surface area contributed by atoms with Gasteiger partial charge in [-0.15, -0.1) is 11.3 Å². The summed E-state index contributed by atoms with van der Waals surface area (Å²) in [5.41, 5.74) is 2.63. The molecule has 3 saturated heterocycles. The van der Waals surface area contributed by atoms with Crippen molar-refractivity contribution in [2.75, 3.05) is 49.1 Å². The average Bonchev–Trinajstić information content (AvgIpc) is 1.18. The fraction of sp³-hybridized carbons (Fsp3) is 0.312. The van der Waals surface area contributed by atoms with Crippen molar-refractivity contribution in [2.24, 2.45) is 0 Å². The summed E-state index contributed by atoms with van der Waals surface area (Å²) in [5.74, 6) is -4.62. The van der Waals surface area contributed by atoms with Gasteiger partial charge in [0.15, 0.2) is 12.2 Å². The molecule has 6 aromatic carbocycles. The van der Waals surface area contributed by atoms with Gasteiger partial charge >= 0.3 is 12.2 Å².